The molecule has 2 rings (SSSR count). The third kappa shape index (κ3) is 2.25. The fraction of sp³-hybridized carbons (Fsp3) is 0.462. The van der Waals surface area contributed by atoms with Crippen molar-refractivity contribution in [1.29, 1.82) is 0 Å². The zero-order chi connectivity index (χ0) is 13.4. The number of nitrogens with zero attached hydrogens (tertiary/aromatic N) is 1. The van der Waals surface area contributed by atoms with Gasteiger partial charge < -0.3 is 14.7 Å². The molecule has 1 aliphatic rings. The number of anilines is 1. The van der Waals surface area contributed by atoms with E-state index in [1.807, 2.05) is 31.0 Å². The van der Waals surface area contributed by atoms with Crippen molar-refractivity contribution in [2.24, 2.45) is 5.92 Å². The molecule has 1 aromatic rings. The number of rotatable bonds is 4. The number of carboxylic acids is 1. The van der Waals surface area contributed by atoms with Crippen LogP contribution in [0.15, 0.2) is 12.1 Å². The number of aliphatic carboxylic acids is 1. The molecule has 1 N–H and O–H groups in total. The molecule has 0 radical (unpaired) electrons. The Morgan fingerprint density at radius 2 is 2.22 bits per heavy atom. The van der Waals surface area contributed by atoms with Gasteiger partial charge >= 0.3 is 5.97 Å². The van der Waals surface area contributed by atoms with E-state index in [2.05, 4.69) is 0 Å². The van der Waals surface area contributed by atoms with Crippen molar-refractivity contribution in [1.82, 2.24) is 0 Å². The van der Waals surface area contributed by atoms with E-state index in [0.29, 0.717) is 11.4 Å². The van der Waals surface area contributed by atoms with E-state index in [1.165, 1.54) is 0 Å². The van der Waals surface area contributed by atoms with Crippen molar-refractivity contribution in [3.63, 3.8) is 0 Å². The summed E-state index contributed by atoms with van der Waals surface area (Å²) in [6.07, 6.45) is 0.667. The number of methoxy groups -OCH3 is 1. The number of carbonyl (C=O) groups is 1. The number of halogens is 1. The molecule has 0 saturated heterocycles. The van der Waals surface area contributed by atoms with Gasteiger partial charge in [0.05, 0.1) is 18.7 Å². The van der Waals surface area contributed by atoms with E-state index in [-0.39, 0.29) is 12.0 Å². The second-order valence-electron chi connectivity index (χ2n) is 4.63. The Morgan fingerprint density at radius 3 is 2.72 bits per heavy atom. The lowest BCUT2D eigenvalue weighted by Crippen LogP contribution is -2.24. The maximum absolute atomic E-state index is 10.9. The largest absolute Gasteiger partial charge is 0.495 e. The number of benzene rings is 1. The van der Waals surface area contributed by atoms with Crippen LogP contribution in [0.1, 0.15) is 12.0 Å². The summed E-state index contributed by atoms with van der Waals surface area (Å²) in [7, 11) is 3.47. The van der Waals surface area contributed by atoms with Gasteiger partial charge in [-0.05, 0) is 31.0 Å². The van der Waals surface area contributed by atoms with Gasteiger partial charge in [0.1, 0.15) is 5.75 Å². The van der Waals surface area contributed by atoms with Crippen LogP contribution in [-0.2, 0) is 4.79 Å². The molecule has 0 heterocycles. The zero-order valence-electron chi connectivity index (χ0n) is 10.6. The molecule has 0 aromatic heterocycles. The summed E-state index contributed by atoms with van der Waals surface area (Å²) in [6, 6.07) is 3.72. The maximum atomic E-state index is 10.9. The van der Waals surface area contributed by atoms with Crippen LogP contribution in [0, 0.1) is 12.8 Å². The van der Waals surface area contributed by atoms with E-state index in [9.17, 15) is 4.79 Å². The van der Waals surface area contributed by atoms with E-state index in [4.69, 9.17) is 21.4 Å². The fourth-order valence-electron chi connectivity index (χ4n) is 2.14. The molecule has 1 fully saturated rings. The van der Waals surface area contributed by atoms with E-state index >= 15 is 0 Å². The average Bonchev–Trinajstić information content (AvgIpc) is 3.11. The first kappa shape index (κ1) is 13.0. The predicted octanol–water partition coefficient (Wildman–Crippen LogP) is 2.57. The standard InChI is InChI=1S/C13H16ClNO3/c1-7-4-12(18-3)11(6-9(7)14)15(2)10-5-8(10)13(16)17/h4,6,8,10H,5H2,1-3H3,(H,16,17). The smallest absolute Gasteiger partial charge is 0.308 e. The summed E-state index contributed by atoms with van der Waals surface area (Å²) < 4.78 is 5.33. The fourth-order valence-corrected chi connectivity index (χ4v) is 2.30. The Balaban J connectivity index is 2.28. The van der Waals surface area contributed by atoms with Crippen LogP contribution in [-0.4, -0.2) is 31.3 Å². The van der Waals surface area contributed by atoms with Crippen molar-refractivity contribution in [3.05, 3.63) is 22.7 Å². The van der Waals surface area contributed by atoms with Gasteiger partial charge in [0.25, 0.3) is 0 Å². The molecule has 5 heteroatoms. The van der Waals surface area contributed by atoms with Gasteiger partial charge in [0.2, 0.25) is 0 Å². The van der Waals surface area contributed by atoms with Crippen LogP contribution in [0.5, 0.6) is 5.75 Å². The average molecular weight is 270 g/mol. The van der Waals surface area contributed by atoms with Gasteiger partial charge in [-0.1, -0.05) is 11.6 Å². The van der Waals surface area contributed by atoms with Gasteiger partial charge in [-0.25, -0.2) is 0 Å². The minimum absolute atomic E-state index is 0.0233. The summed E-state index contributed by atoms with van der Waals surface area (Å²) in [6.45, 7) is 1.91. The quantitative estimate of drug-likeness (QED) is 0.913. The molecule has 0 aliphatic heterocycles. The van der Waals surface area contributed by atoms with Crippen LogP contribution in [0.2, 0.25) is 5.02 Å². The van der Waals surface area contributed by atoms with Crippen molar-refractivity contribution in [3.8, 4) is 5.75 Å². The number of hydrogen-bond donors (Lipinski definition) is 1. The van der Waals surface area contributed by atoms with E-state index < -0.39 is 5.97 Å². The highest BCUT2D eigenvalue weighted by atomic mass is 35.5. The highest BCUT2D eigenvalue weighted by Crippen LogP contribution is 2.42. The highest BCUT2D eigenvalue weighted by Gasteiger charge is 2.46. The molecule has 2 atom stereocenters. The Hall–Kier alpha value is -1.42. The molecule has 18 heavy (non-hydrogen) atoms. The normalized spacial score (nSPS) is 21.6. The first-order valence-corrected chi connectivity index (χ1v) is 6.13. The van der Waals surface area contributed by atoms with Gasteiger partial charge in [-0.15, -0.1) is 0 Å². The molecule has 98 valence electrons. The molecule has 0 bridgehead atoms. The topological polar surface area (TPSA) is 49.8 Å². The highest BCUT2D eigenvalue weighted by molar-refractivity contribution is 6.31. The molecule has 1 aliphatic carbocycles. The SMILES string of the molecule is COc1cc(C)c(Cl)cc1N(C)C1CC1C(=O)O. The van der Waals surface area contributed by atoms with Crippen molar-refractivity contribution < 1.29 is 14.6 Å². The number of ether oxygens (including phenoxy) is 1. The first-order chi connectivity index (χ1) is 8.45. The van der Waals surface area contributed by atoms with E-state index in [1.54, 1.807) is 7.11 Å². The molecule has 1 saturated carbocycles. The van der Waals surface area contributed by atoms with Crippen LogP contribution >= 0.6 is 11.6 Å². The number of hydrogen-bond acceptors (Lipinski definition) is 3. The lowest BCUT2D eigenvalue weighted by atomic mass is 10.2. The Kier molecular flexibility index (Phi) is 3.39. The van der Waals surface area contributed by atoms with Gasteiger partial charge in [0.15, 0.2) is 0 Å². The summed E-state index contributed by atoms with van der Waals surface area (Å²) in [5.41, 5.74) is 1.78. The van der Waals surface area contributed by atoms with Crippen LogP contribution in [0.4, 0.5) is 5.69 Å². The van der Waals surface area contributed by atoms with Crippen LogP contribution in [0.25, 0.3) is 0 Å². The third-order valence-electron chi connectivity index (χ3n) is 3.41. The molecular weight excluding hydrogens is 254 g/mol. The third-order valence-corrected chi connectivity index (χ3v) is 3.82. The Bertz CT molecular complexity index is 489. The van der Waals surface area contributed by atoms with Gasteiger partial charge in [-0.3, -0.25) is 4.79 Å². The minimum Gasteiger partial charge on any atom is -0.495 e. The second-order valence-corrected chi connectivity index (χ2v) is 5.04. The zero-order valence-corrected chi connectivity index (χ0v) is 11.4. The lowest BCUT2D eigenvalue weighted by molar-refractivity contribution is -0.138. The van der Waals surface area contributed by atoms with Gasteiger partial charge in [-0.2, -0.15) is 0 Å². The Labute approximate surface area is 111 Å². The summed E-state index contributed by atoms with van der Waals surface area (Å²) in [5.74, 6) is -0.320. The van der Waals surface area contributed by atoms with Crippen LogP contribution < -0.4 is 9.64 Å². The monoisotopic (exact) mass is 269 g/mol. The second kappa shape index (κ2) is 4.69. The molecule has 4 nitrogen and oxygen atoms in total. The van der Waals surface area contributed by atoms with E-state index in [0.717, 1.165) is 17.0 Å². The molecule has 1 aromatic carbocycles. The maximum Gasteiger partial charge on any atom is 0.308 e. The van der Waals surface area contributed by atoms with Crippen molar-refractivity contribution in [2.75, 3.05) is 19.1 Å². The van der Waals surface area contributed by atoms with Crippen LogP contribution in [0.3, 0.4) is 0 Å². The summed E-state index contributed by atoms with van der Waals surface area (Å²) in [5, 5.41) is 9.62. The number of aryl methyl sites for hydroxylation is 1. The molecule has 0 amide bonds. The number of carboxylic acid groups (broad SMARTS) is 1. The first-order valence-electron chi connectivity index (χ1n) is 5.75. The lowest BCUT2D eigenvalue weighted by Gasteiger charge is -2.22. The summed E-state index contributed by atoms with van der Waals surface area (Å²) in [4.78, 5) is 12.8. The summed E-state index contributed by atoms with van der Waals surface area (Å²) >= 11 is 6.11. The van der Waals surface area contributed by atoms with Crippen molar-refractivity contribution >= 4 is 23.3 Å². The predicted molar refractivity (Wildman–Crippen MR) is 70.7 cm³/mol. The van der Waals surface area contributed by atoms with Crippen molar-refractivity contribution in [2.45, 2.75) is 19.4 Å². The Morgan fingerprint density at radius 1 is 1.56 bits per heavy atom. The molecule has 2 unspecified atom stereocenters. The minimum atomic E-state index is -0.746. The molecular formula is C13H16ClNO3. The molecule has 0 spiro atoms. The van der Waals surface area contributed by atoms with Gasteiger partial charge in [0, 0.05) is 18.1 Å².